The first-order valence-corrected chi connectivity index (χ1v) is 18.1. The zero-order chi connectivity index (χ0) is 40.4. The maximum absolute atomic E-state index is 14.2. The molecule has 1 fully saturated rings. The highest BCUT2D eigenvalue weighted by molar-refractivity contribution is 7.60. The lowest BCUT2D eigenvalue weighted by Crippen LogP contribution is -2.60. The Morgan fingerprint density at radius 1 is 1.02 bits per heavy atom. The van der Waals surface area contributed by atoms with Gasteiger partial charge in [0, 0.05) is 26.2 Å². The van der Waals surface area contributed by atoms with Crippen LogP contribution >= 0.6 is 19.2 Å². The van der Waals surface area contributed by atoms with Crippen LogP contribution in [0.1, 0.15) is 44.3 Å². The monoisotopic (exact) mass is 805 g/mol. The number of urea groups is 1. The zero-order valence-electron chi connectivity index (χ0n) is 28.1. The van der Waals surface area contributed by atoms with Crippen molar-refractivity contribution in [3.8, 4) is 17.2 Å². The van der Waals surface area contributed by atoms with Crippen LogP contribution in [0.2, 0.25) is 5.02 Å². The second kappa shape index (κ2) is 16.3. The molecule has 290 valence electrons. The number of piperazine rings is 1. The van der Waals surface area contributed by atoms with Crippen LogP contribution in [0.5, 0.6) is 17.2 Å². The number of rotatable bonds is 11. The van der Waals surface area contributed by atoms with E-state index in [0.29, 0.717) is 4.90 Å². The van der Waals surface area contributed by atoms with Gasteiger partial charge in [0.25, 0.3) is 5.91 Å². The van der Waals surface area contributed by atoms with Gasteiger partial charge in [0.05, 0.1) is 21.8 Å². The molecule has 2 aliphatic heterocycles. The lowest BCUT2D eigenvalue weighted by atomic mass is 9.72. The second-order valence-corrected chi connectivity index (χ2v) is 14.2. The Hall–Kier alpha value is -5.73. The molecular formula is C32H31BClFN5O14P. The molecule has 1 saturated heterocycles. The summed E-state index contributed by atoms with van der Waals surface area (Å²) in [5.41, 5.74) is -0.881. The van der Waals surface area contributed by atoms with Crippen molar-refractivity contribution in [3.05, 3.63) is 81.6 Å². The molecule has 1 unspecified atom stereocenters. The Morgan fingerprint density at radius 2 is 1.71 bits per heavy atom. The number of nitrogens with one attached hydrogen (secondary N) is 3. The fraction of sp³-hybridized carbons (Fsp3) is 0.250. The van der Waals surface area contributed by atoms with Crippen molar-refractivity contribution in [2.75, 3.05) is 26.2 Å². The number of benzene rings is 3. The van der Waals surface area contributed by atoms with Crippen molar-refractivity contribution in [2.24, 2.45) is 0 Å². The molecule has 0 spiro atoms. The molecule has 9 N–H and O–H groups in total. The average molecular weight is 806 g/mol. The quantitative estimate of drug-likeness (QED) is 0.0398. The first-order chi connectivity index (χ1) is 25.9. The van der Waals surface area contributed by atoms with E-state index in [1.807, 2.05) is 0 Å². The molecule has 23 heteroatoms. The number of amides is 6. The number of carbonyl (C=O) groups excluding carboxylic acids is 5. The van der Waals surface area contributed by atoms with Crippen molar-refractivity contribution >= 4 is 67.2 Å². The highest BCUT2D eigenvalue weighted by Crippen LogP contribution is 2.36. The molecule has 3 aromatic carbocycles. The van der Waals surface area contributed by atoms with E-state index in [1.54, 1.807) is 0 Å². The van der Waals surface area contributed by atoms with E-state index >= 15 is 0 Å². The largest absolute Gasteiger partial charge is 0.547 e. The van der Waals surface area contributed by atoms with Gasteiger partial charge < -0.3 is 55.6 Å². The summed E-state index contributed by atoms with van der Waals surface area (Å²) in [6.07, 6.45) is -0.105. The number of carboxylic acids is 1. The third-order valence-corrected chi connectivity index (χ3v) is 9.98. The third-order valence-electron chi connectivity index (χ3n) is 8.63. The van der Waals surface area contributed by atoms with Gasteiger partial charge in [-0.3, -0.25) is 28.6 Å². The minimum atomic E-state index is -4.72. The van der Waals surface area contributed by atoms with Gasteiger partial charge in [-0.05, 0) is 54.3 Å². The molecular weight excluding hydrogens is 775 g/mol. The number of aromatic carboxylic acids is 1. The van der Waals surface area contributed by atoms with Crippen molar-refractivity contribution in [1.29, 1.82) is 0 Å². The van der Waals surface area contributed by atoms with Gasteiger partial charge >= 0.3 is 38.5 Å². The van der Waals surface area contributed by atoms with E-state index in [1.165, 1.54) is 12.1 Å². The van der Waals surface area contributed by atoms with Crippen molar-refractivity contribution in [3.63, 3.8) is 0 Å². The van der Waals surface area contributed by atoms with E-state index in [-0.39, 0.29) is 60.7 Å². The van der Waals surface area contributed by atoms with Crippen LogP contribution in [0.4, 0.5) is 9.18 Å². The molecule has 55 heavy (non-hydrogen) atoms. The summed E-state index contributed by atoms with van der Waals surface area (Å²) < 4.78 is 31.2. The average Bonchev–Trinajstić information content (AvgIpc) is 3.12. The minimum absolute atomic E-state index is 0.000492. The molecule has 0 saturated carbocycles. The fourth-order valence-electron chi connectivity index (χ4n) is 5.77. The second-order valence-electron chi connectivity index (χ2n) is 12.2. The molecule has 2 aliphatic rings. The molecule has 5 rings (SSSR count). The summed E-state index contributed by atoms with van der Waals surface area (Å²) >= 11 is 5.90. The number of halogens is 2. The maximum atomic E-state index is 14.2. The van der Waals surface area contributed by atoms with Crippen LogP contribution in [0, 0.1) is 5.82 Å². The van der Waals surface area contributed by atoms with Gasteiger partial charge in [-0.15, -0.1) is 0 Å². The number of carboxylic acid groups (broad SMARTS) is 1. The number of nitrogens with zero attached hydrogens (tertiary/aromatic N) is 2. The highest BCUT2D eigenvalue weighted by Gasteiger charge is 2.41. The van der Waals surface area contributed by atoms with Crippen LogP contribution in [-0.2, 0) is 25.4 Å². The Balaban J connectivity index is 1.25. The third kappa shape index (κ3) is 8.82. The summed E-state index contributed by atoms with van der Waals surface area (Å²) in [7, 11) is -6.62. The number of carbonyl (C=O) groups is 6. The van der Waals surface area contributed by atoms with Crippen molar-refractivity contribution in [2.45, 2.75) is 24.8 Å². The highest BCUT2D eigenvalue weighted by atomic mass is 35.5. The molecule has 0 aromatic heterocycles. The molecule has 19 nitrogen and oxygen atoms in total. The van der Waals surface area contributed by atoms with Gasteiger partial charge in [-0.1, -0.05) is 29.8 Å². The van der Waals surface area contributed by atoms with E-state index in [4.69, 9.17) is 16.3 Å². The van der Waals surface area contributed by atoms with Crippen molar-refractivity contribution < 1.29 is 72.5 Å². The standard InChI is InChI=1S/C32H31BClFN5O14P/c34-23-18(7-9-20(41)25(23)42)27(43)36-10-1-11-39-12-13-40(30(46)29(39)45)32(49)38-24(15-2-5-17(6-3-15)55(51,52)53)28(44)37-21-14-16-4-8-19(35)22(31(47)48)26(16)54-33(21)50/h2-9,21,24,41-42,50H,1,10-14H2,(H,36,43)(H,37,44)(H,38,49)(H,47,48)(H2,51,52,53)/t21-,24?/m0/s1. The maximum Gasteiger partial charge on any atom is 0.547 e. The van der Waals surface area contributed by atoms with E-state index in [2.05, 4.69) is 16.0 Å². The molecule has 2 heterocycles. The van der Waals surface area contributed by atoms with Gasteiger partial charge in [-0.25, -0.2) is 14.0 Å². The molecule has 0 bridgehead atoms. The fourth-order valence-corrected chi connectivity index (χ4v) is 6.55. The van der Waals surface area contributed by atoms with E-state index in [9.17, 15) is 67.9 Å². The topological polar surface area (TPSA) is 293 Å². The first kappa shape index (κ1) is 40.5. The van der Waals surface area contributed by atoms with Crippen LogP contribution < -0.4 is 25.9 Å². The zero-order valence-corrected chi connectivity index (χ0v) is 29.8. The van der Waals surface area contributed by atoms with Gasteiger partial charge in [-0.2, -0.15) is 0 Å². The summed E-state index contributed by atoms with van der Waals surface area (Å²) in [6, 6.07) is 5.65. The summed E-state index contributed by atoms with van der Waals surface area (Å²) in [5, 5.41) is 45.8. The smallest absolute Gasteiger partial charge is 0.534 e. The summed E-state index contributed by atoms with van der Waals surface area (Å²) in [6.45, 7) is -0.492. The number of phenols is 2. The number of aromatic hydroxyl groups is 2. The summed E-state index contributed by atoms with van der Waals surface area (Å²) in [5.74, 6) is -9.78. The van der Waals surface area contributed by atoms with Crippen LogP contribution in [0.15, 0.2) is 48.5 Å². The molecule has 6 amide bonds. The summed E-state index contributed by atoms with van der Waals surface area (Å²) in [4.78, 5) is 97.9. The number of imide groups is 1. The minimum Gasteiger partial charge on any atom is -0.534 e. The molecule has 0 radical (unpaired) electrons. The normalized spacial score (nSPS) is 16.2. The van der Waals surface area contributed by atoms with Gasteiger partial charge in [0.1, 0.15) is 23.2 Å². The molecule has 3 aromatic rings. The van der Waals surface area contributed by atoms with Crippen LogP contribution in [0.25, 0.3) is 0 Å². The van der Waals surface area contributed by atoms with Gasteiger partial charge in [0.2, 0.25) is 5.91 Å². The Bertz CT molecular complexity index is 2120. The predicted octanol–water partition coefficient (Wildman–Crippen LogP) is -0.227. The van der Waals surface area contributed by atoms with Crippen LogP contribution in [-0.4, -0.2) is 115 Å². The first-order valence-electron chi connectivity index (χ1n) is 16.1. The molecule has 2 atom stereocenters. The van der Waals surface area contributed by atoms with E-state index in [0.717, 1.165) is 41.3 Å². The Morgan fingerprint density at radius 3 is 2.36 bits per heavy atom. The Labute approximate surface area is 314 Å². The lowest BCUT2D eigenvalue weighted by molar-refractivity contribution is -0.153. The Kier molecular flexibility index (Phi) is 12.0. The molecule has 0 aliphatic carbocycles. The van der Waals surface area contributed by atoms with Crippen molar-refractivity contribution in [1.82, 2.24) is 25.8 Å². The number of phenolic OH excluding ortho intramolecular Hbond substituents is 2. The number of fused-ring (bicyclic) bond motifs is 1. The van der Waals surface area contributed by atoms with E-state index < -0.39 is 96.3 Å². The lowest BCUT2D eigenvalue weighted by Gasteiger charge is -2.34. The predicted molar refractivity (Wildman–Crippen MR) is 187 cm³/mol. The number of hydrogen-bond acceptors (Lipinski definition) is 11. The SMILES string of the molecule is O=C(NCCCN1CCN(C(=O)NC(C(=O)N[C@H]2Cc3ccc(F)c(C(=O)O)c3OB2O)c2ccc(P(=O)(O)O)cc2)C(=O)C1=O)c1ccc(O)c(O)c1Cl. The van der Waals surface area contributed by atoms with Gasteiger partial charge in [0.15, 0.2) is 11.5 Å². The van der Waals surface area contributed by atoms with Crippen LogP contribution in [0.3, 0.4) is 0 Å². The number of hydrogen-bond donors (Lipinski definition) is 9.